The van der Waals surface area contributed by atoms with Crippen LogP contribution in [-0.4, -0.2) is 62.0 Å². The van der Waals surface area contributed by atoms with E-state index in [0.29, 0.717) is 53.8 Å². The summed E-state index contributed by atoms with van der Waals surface area (Å²) in [4.78, 5) is 15.6. The second kappa shape index (κ2) is 11.5. The molecule has 1 aliphatic rings. The first-order valence-corrected chi connectivity index (χ1v) is 14.3. The van der Waals surface area contributed by atoms with Gasteiger partial charge in [0.2, 0.25) is 15.9 Å². The predicted octanol–water partition coefficient (Wildman–Crippen LogP) is 4.94. The zero-order chi connectivity index (χ0) is 27.6. The van der Waals surface area contributed by atoms with Gasteiger partial charge in [-0.2, -0.15) is 17.5 Å². The molecule has 2 aromatic carbocycles. The van der Waals surface area contributed by atoms with Crippen LogP contribution >= 0.6 is 23.2 Å². The molecule has 204 valence electrons. The maximum atomic E-state index is 13.5. The summed E-state index contributed by atoms with van der Waals surface area (Å²) < 4.78 is 64.0. The molecule has 0 bridgehead atoms. The fourth-order valence-corrected chi connectivity index (χ4v) is 5.94. The Morgan fingerprint density at radius 1 is 1.05 bits per heavy atom. The van der Waals surface area contributed by atoms with Gasteiger partial charge in [-0.25, -0.2) is 8.42 Å². The predicted molar refractivity (Wildman–Crippen MR) is 139 cm³/mol. The number of nitrogens with zero attached hydrogens (tertiary/aromatic N) is 2. The lowest BCUT2D eigenvalue weighted by atomic mass is 9.78. The molecule has 1 aliphatic heterocycles. The molecule has 1 fully saturated rings. The number of nitrogens with one attached hydrogen (secondary N) is 1. The molecular formula is C25H30Cl2F3N3O3S. The molecule has 1 heterocycles. The molecule has 1 amide bonds. The Bertz CT molecular complexity index is 1230. The monoisotopic (exact) mass is 579 g/mol. The van der Waals surface area contributed by atoms with Gasteiger partial charge in [-0.1, -0.05) is 41.4 Å². The third-order valence-corrected chi connectivity index (χ3v) is 8.93. The zero-order valence-electron chi connectivity index (χ0n) is 20.8. The summed E-state index contributed by atoms with van der Waals surface area (Å²) in [6.07, 6.45) is -2.84. The van der Waals surface area contributed by atoms with Crippen molar-refractivity contribution in [3.8, 4) is 0 Å². The van der Waals surface area contributed by atoms with Crippen LogP contribution in [0.5, 0.6) is 0 Å². The van der Waals surface area contributed by atoms with E-state index >= 15 is 0 Å². The molecule has 0 spiro atoms. The van der Waals surface area contributed by atoms with Crippen molar-refractivity contribution in [3.05, 3.63) is 69.2 Å². The molecule has 2 aromatic rings. The molecule has 1 saturated heterocycles. The van der Waals surface area contributed by atoms with Crippen molar-refractivity contribution in [2.75, 3.05) is 32.4 Å². The van der Waals surface area contributed by atoms with Crippen LogP contribution in [0.25, 0.3) is 0 Å². The zero-order valence-corrected chi connectivity index (χ0v) is 23.1. The third kappa shape index (κ3) is 7.38. The van der Waals surface area contributed by atoms with E-state index in [-0.39, 0.29) is 18.5 Å². The van der Waals surface area contributed by atoms with Crippen LogP contribution < -0.4 is 5.32 Å². The smallest absolute Gasteiger partial charge is 0.351 e. The molecule has 0 radical (unpaired) electrons. The van der Waals surface area contributed by atoms with Crippen molar-refractivity contribution in [1.29, 1.82) is 0 Å². The number of benzene rings is 2. The van der Waals surface area contributed by atoms with Gasteiger partial charge < -0.3 is 10.2 Å². The van der Waals surface area contributed by atoms with Crippen molar-refractivity contribution >= 4 is 39.1 Å². The Morgan fingerprint density at radius 3 is 2.22 bits per heavy atom. The SMILES string of the molecule is C[C@@H]1CN(CCC(C)(C(=O)NCc2ccc(C(F)(F)F)cc2)c2ccc(Cl)c(Cl)c2)CCN1S(C)(=O)=O. The van der Waals surface area contributed by atoms with E-state index in [4.69, 9.17) is 23.2 Å². The van der Waals surface area contributed by atoms with E-state index in [1.165, 1.54) is 22.7 Å². The molecule has 3 rings (SSSR count). The molecule has 0 aromatic heterocycles. The summed E-state index contributed by atoms with van der Waals surface area (Å²) >= 11 is 12.3. The lowest BCUT2D eigenvalue weighted by Crippen LogP contribution is -2.54. The molecule has 12 heteroatoms. The topological polar surface area (TPSA) is 69.7 Å². The molecular weight excluding hydrogens is 550 g/mol. The lowest BCUT2D eigenvalue weighted by Gasteiger charge is -2.40. The van der Waals surface area contributed by atoms with E-state index in [2.05, 4.69) is 10.2 Å². The summed E-state index contributed by atoms with van der Waals surface area (Å²) in [6, 6.07) is 9.43. The average Bonchev–Trinajstić information content (AvgIpc) is 2.81. The highest BCUT2D eigenvalue weighted by molar-refractivity contribution is 7.88. The first kappa shape index (κ1) is 29.7. The van der Waals surface area contributed by atoms with E-state index in [0.717, 1.165) is 12.1 Å². The summed E-state index contributed by atoms with van der Waals surface area (Å²) in [5.74, 6) is -0.311. The highest BCUT2D eigenvalue weighted by Crippen LogP contribution is 2.34. The largest absolute Gasteiger partial charge is 0.416 e. The van der Waals surface area contributed by atoms with Crippen molar-refractivity contribution in [2.45, 2.75) is 44.4 Å². The van der Waals surface area contributed by atoms with Gasteiger partial charge in [0.05, 0.1) is 27.3 Å². The van der Waals surface area contributed by atoms with Crippen molar-refractivity contribution in [2.24, 2.45) is 0 Å². The second-order valence-electron chi connectivity index (χ2n) is 9.61. The maximum absolute atomic E-state index is 13.5. The first-order valence-electron chi connectivity index (χ1n) is 11.7. The molecule has 37 heavy (non-hydrogen) atoms. The normalized spacial score (nSPS) is 19.4. The molecule has 6 nitrogen and oxygen atoms in total. The minimum absolute atomic E-state index is 0.0535. The van der Waals surface area contributed by atoms with Crippen molar-refractivity contribution in [1.82, 2.24) is 14.5 Å². The molecule has 0 saturated carbocycles. The van der Waals surface area contributed by atoms with E-state index in [1.54, 1.807) is 25.1 Å². The number of alkyl halides is 3. The number of sulfonamides is 1. The van der Waals surface area contributed by atoms with Crippen LogP contribution in [0.1, 0.15) is 37.0 Å². The number of hydrogen-bond donors (Lipinski definition) is 1. The van der Waals surface area contributed by atoms with Gasteiger partial charge in [-0.05, 0) is 62.2 Å². The van der Waals surface area contributed by atoms with Gasteiger partial charge in [-0.15, -0.1) is 0 Å². The van der Waals surface area contributed by atoms with E-state index in [9.17, 15) is 26.4 Å². The van der Waals surface area contributed by atoms with Gasteiger partial charge in [0.15, 0.2) is 0 Å². The molecule has 0 aliphatic carbocycles. The van der Waals surface area contributed by atoms with Crippen molar-refractivity contribution < 1.29 is 26.4 Å². The number of carbonyl (C=O) groups excluding carboxylic acids is 1. The van der Waals surface area contributed by atoms with Crippen LogP contribution in [0, 0.1) is 0 Å². The number of carbonyl (C=O) groups is 1. The minimum Gasteiger partial charge on any atom is -0.351 e. The summed E-state index contributed by atoms with van der Waals surface area (Å²) in [5.41, 5.74) is -0.608. The van der Waals surface area contributed by atoms with Crippen LogP contribution in [0.4, 0.5) is 13.2 Å². The minimum atomic E-state index is -4.43. The highest BCUT2D eigenvalue weighted by atomic mass is 35.5. The van der Waals surface area contributed by atoms with Crippen LogP contribution in [0.2, 0.25) is 10.0 Å². The summed E-state index contributed by atoms with van der Waals surface area (Å²) in [6.45, 7) is 5.63. The number of rotatable bonds is 8. The summed E-state index contributed by atoms with van der Waals surface area (Å²) in [7, 11) is -3.30. The first-order chi connectivity index (χ1) is 17.1. The van der Waals surface area contributed by atoms with Gasteiger partial charge in [-0.3, -0.25) is 4.79 Å². The molecule has 1 N–H and O–H groups in total. The standard InChI is InChI=1S/C25H30Cl2F3N3O3S/c1-17-16-32(12-13-33(17)37(3,35)36)11-10-24(2,20-8-9-21(26)22(27)14-20)23(34)31-15-18-4-6-19(7-5-18)25(28,29)30/h4-9,14,17H,10-13,15-16H2,1-3H3,(H,31,34)/t17-,24?/m1/s1. The van der Waals surface area contributed by atoms with Crippen LogP contribution in [0.15, 0.2) is 42.5 Å². The Kier molecular flexibility index (Phi) is 9.22. The highest BCUT2D eigenvalue weighted by Gasteiger charge is 2.37. The Labute approximate surface area is 225 Å². The maximum Gasteiger partial charge on any atom is 0.416 e. The van der Waals surface area contributed by atoms with Gasteiger partial charge in [0, 0.05) is 32.2 Å². The van der Waals surface area contributed by atoms with Crippen LogP contribution in [0.3, 0.4) is 0 Å². The average molecular weight is 581 g/mol. The van der Waals surface area contributed by atoms with Crippen molar-refractivity contribution in [3.63, 3.8) is 0 Å². The quantitative estimate of drug-likeness (QED) is 0.481. The van der Waals surface area contributed by atoms with E-state index in [1.807, 2.05) is 6.92 Å². The number of halogens is 5. The third-order valence-electron chi connectivity index (χ3n) is 6.80. The summed E-state index contributed by atoms with van der Waals surface area (Å²) in [5, 5.41) is 3.50. The Balaban J connectivity index is 1.75. The molecule has 1 unspecified atom stereocenters. The van der Waals surface area contributed by atoms with Crippen LogP contribution in [-0.2, 0) is 33.0 Å². The fourth-order valence-electron chi connectivity index (χ4n) is 4.51. The van der Waals surface area contributed by atoms with E-state index < -0.39 is 27.2 Å². The van der Waals surface area contributed by atoms with Gasteiger partial charge in [0.1, 0.15) is 0 Å². The number of amides is 1. The number of hydrogen-bond acceptors (Lipinski definition) is 4. The van der Waals surface area contributed by atoms with Gasteiger partial charge >= 0.3 is 6.18 Å². The fraction of sp³-hybridized carbons (Fsp3) is 0.480. The lowest BCUT2D eigenvalue weighted by molar-refractivity contribution is -0.137. The number of piperazine rings is 1. The Morgan fingerprint density at radius 2 is 1.68 bits per heavy atom. The second-order valence-corrected chi connectivity index (χ2v) is 12.4. The molecule has 2 atom stereocenters. The van der Waals surface area contributed by atoms with Gasteiger partial charge in [0.25, 0.3) is 0 Å². The Hall–Kier alpha value is -1.85.